The Hall–Kier alpha value is -6.56. The molecular formula is C56H43GeN3. The van der Waals surface area contributed by atoms with E-state index < -0.39 is 13.3 Å². The van der Waals surface area contributed by atoms with Crippen LogP contribution in [0.5, 0.6) is 0 Å². The van der Waals surface area contributed by atoms with E-state index in [9.17, 15) is 0 Å². The number of fused-ring (bicyclic) bond motifs is 10. The zero-order chi connectivity index (χ0) is 40.2. The summed E-state index contributed by atoms with van der Waals surface area (Å²) in [7, 11) is 0. The second-order valence-corrected chi connectivity index (χ2v) is 25.1. The SMILES string of the molecule is CC1(C)c2ccccc2C2C=Cc3c(n(-c4ccccc4-c4nc(-c5ccccc5)n[c]5c4-c4cccc[c]4[Ge]5([c]4ccccc4)[c]4ccccc4)c4ccccc34)C21C. The second kappa shape index (κ2) is 13.0. The van der Waals surface area contributed by atoms with E-state index in [1.54, 1.807) is 0 Å². The first-order valence-corrected chi connectivity index (χ1v) is 25.3. The minimum absolute atomic E-state index is 0.150. The number of para-hydroxylation sites is 2. The Morgan fingerprint density at radius 3 is 1.92 bits per heavy atom. The van der Waals surface area contributed by atoms with Crippen LogP contribution in [-0.2, 0) is 10.8 Å². The quantitative estimate of drug-likeness (QED) is 0.162. The maximum absolute atomic E-state index is 5.80. The van der Waals surface area contributed by atoms with Crippen LogP contribution in [0.4, 0.5) is 0 Å². The summed E-state index contributed by atoms with van der Waals surface area (Å²) in [6.07, 6.45) is 4.90. The number of rotatable bonds is 5. The van der Waals surface area contributed by atoms with Gasteiger partial charge in [-0.2, -0.15) is 0 Å². The summed E-state index contributed by atoms with van der Waals surface area (Å²) in [5, 5.41) is 1.27. The van der Waals surface area contributed by atoms with Crippen LogP contribution in [0.15, 0.2) is 194 Å². The van der Waals surface area contributed by atoms with E-state index in [0.717, 1.165) is 33.9 Å². The molecule has 9 aromatic rings. The predicted molar refractivity (Wildman–Crippen MR) is 251 cm³/mol. The third kappa shape index (κ3) is 4.56. The van der Waals surface area contributed by atoms with Gasteiger partial charge in [0.1, 0.15) is 0 Å². The average molecular weight is 831 g/mol. The Morgan fingerprint density at radius 1 is 0.567 bits per heavy atom. The van der Waals surface area contributed by atoms with Crippen molar-refractivity contribution in [2.24, 2.45) is 0 Å². The van der Waals surface area contributed by atoms with E-state index in [2.05, 4.69) is 226 Å². The monoisotopic (exact) mass is 831 g/mol. The topological polar surface area (TPSA) is 30.7 Å². The molecule has 7 aromatic carbocycles. The molecule has 2 aromatic heterocycles. The third-order valence-corrected chi connectivity index (χ3v) is 24.4. The van der Waals surface area contributed by atoms with Gasteiger partial charge in [-0.05, 0) is 0 Å². The Kier molecular flexibility index (Phi) is 7.65. The third-order valence-electron chi connectivity index (χ3n) is 14.5. The van der Waals surface area contributed by atoms with Crippen LogP contribution in [0.1, 0.15) is 49.1 Å². The molecule has 0 fully saturated rings. The number of allylic oxidation sites excluding steroid dienone is 1. The van der Waals surface area contributed by atoms with Gasteiger partial charge in [0.25, 0.3) is 0 Å². The molecule has 0 bridgehead atoms. The van der Waals surface area contributed by atoms with Crippen molar-refractivity contribution in [1.82, 2.24) is 14.5 Å². The van der Waals surface area contributed by atoms with E-state index >= 15 is 0 Å². The van der Waals surface area contributed by atoms with Gasteiger partial charge in [-0.25, -0.2) is 0 Å². The standard InChI is InChI=1S/C56H43GeN3/c1-55(2)45-31-17-13-28-42(45)46-36-35-41-40-27-15-19-33-48(40)60(52(41)56(46,55)3)49-34-20-16-30-44(49)51-50-43-29-14-18-32-47(43)57(38-23-9-5-10-24-38,39-25-11-6-12-26-39)53(50)59-54(58-51)37-21-7-4-8-22-37/h4-36,46H,1-3H3. The van der Waals surface area contributed by atoms with Crippen molar-refractivity contribution >= 4 is 48.0 Å². The number of hydrogen-bond donors (Lipinski definition) is 0. The molecule has 0 amide bonds. The number of aromatic nitrogens is 3. The van der Waals surface area contributed by atoms with E-state index in [0.29, 0.717) is 0 Å². The molecule has 12 rings (SSSR count). The van der Waals surface area contributed by atoms with Gasteiger partial charge in [-0.15, -0.1) is 0 Å². The Morgan fingerprint density at radius 2 is 1.17 bits per heavy atom. The average Bonchev–Trinajstić information content (AvgIpc) is 3.87. The van der Waals surface area contributed by atoms with E-state index in [1.165, 1.54) is 56.6 Å². The van der Waals surface area contributed by atoms with Crippen LogP contribution >= 0.6 is 0 Å². The first kappa shape index (κ1) is 35.4. The van der Waals surface area contributed by atoms with Gasteiger partial charge in [0.15, 0.2) is 0 Å². The number of nitrogens with zero attached hydrogens (tertiary/aromatic N) is 3. The molecule has 4 heteroatoms. The van der Waals surface area contributed by atoms with Crippen LogP contribution < -0.4 is 17.7 Å². The normalized spacial score (nSPS) is 18.7. The summed E-state index contributed by atoms with van der Waals surface area (Å²) < 4.78 is 7.94. The number of benzene rings is 7. The van der Waals surface area contributed by atoms with Crippen molar-refractivity contribution in [1.29, 1.82) is 0 Å². The van der Waals surface area contributed by atoms with Crippen LogP contribution in [0.3, 0.4) is 0 Å². The fraction of sp³-hybridized carbons (Fsp3) is 0.107. The van der Waals surface area contributed by atoms with Gasteiger partial charge in [0.05, 0.1) is 0 Å². The molecule has 2 unspecified atom stereocenters. The van der Waals surface area contributed by atoms with Crippen molar-refractivity contribution in [3.8, 4) is 39.5 Å². The maximum atomic E-state index is 5.80. The molecule has 0 N–H and O–H groups in total. The van der Waals surface area contributed by atoms with Crippen molar-refractivity contribution in [2.45, 2.75) is 37.5 Å². The van der Waals surface area contributed by atoms with E-state index in [-0.39, 0.29) is 16.7 Å². The van der Waals surface area contributed by atoms with Crippen molar-refractivity contribution in [2.75, 3.05) is 0 Å². The van der Waals surface area contributed by atoms with Crippen LogP contribution in [-0.4, -0.2) is 27.8 Å². The zero-order valence-electron chi connectivity index (χ0n) is 34.0. The molecule has 3 heterocycles. The summed E-state index contributed by atoms with van der Waals surface area (Å²) in [4.78, 5) is 11.5. The Labute approximate surface area is 354 Å². The molecule has 3 nitrogen and oxygen atoms in total. The predicted octanol–water partition coefficient (Wildman–Crippen LogP) is 10.5. The number of hydrogen-bond acceptors (Lipinski definition) is 2. The van der Waals surface area contributed by atoms with Gasteiger partial charge in [0, 0.05) is 0 Å². The van der Waals surface area contributed by atoms with Gasteiger partial charge in [-0.1, -0.05) is 0 Å². The molecule has 0 saturated carbocycles. The molecule has 0 saturated heterocycles. The molecule has 2 atom stereocenters. The van der Waals surface area contributed by atoms with Crippen molar-refractivity contribution < 1.29 is 0 Å². The second-order valence-electron chi connectivity index (χ2n) is 17.4. The van der Waals surface area contributed by atoms with Gasteiger partial charge < -0.3 is 0 Å². The first-order chi connectivity index (χ1) is 29.4. The molecule has 60 heavy (non-hydrogen) atoms. The molecule has 286 valence electrons. The minimum atomic E-state index is -3.75. The summed E-state index contributed by atoms with van der Waals surface area (Å²) in [5.41, 5.74) is 13.0. The Balaban J connectivity index is 1.22. The Bertz CT molecular complexity index is 3160. The molecule has 2 aliphatic carbocycles. The molecular weight excluding hydrogens is 787 g/mol. The molecule has 1 aliphatic heterocycles. The molecule has 0 spiro atoms. The summed E-state index contributed by atoms with van der Waals surface area (Å²) in [6.45, 7) is 7.44. The zero-order valence-corrected chi connectivity index (χ0v) is 36.1. The fourth-order valence-electron chi connectivity index (χ4n) is 11.5. The van der Waals surface area contributed by atoms with Gasteiger partial charge in [0.2, 0.25) is 0 Å². The van der Waals surface area contributed by atoms with Crippen LogP contribution in [0.25, 0.3) is 56.4 Å². The van der Waals surface area contributed by atoms with E-state index in [1.807, 2.05) is 0 Å². The first-order valence-electron chi connectivity index (χ1n) is 21.1. The van der Waals surface area contributed by atoms with Gasteiger partial charge >= 0.3 is 356 Å². The van der Waals surface area contributed by atoms with Crippen molar-refractivity contribution in [3.63, 3.8) is 0 Å². The summed E-state index contributed by atoms with van der Waals surface area (Å²) in [6, 6.07) is 69.3. The fourth-order valence-corrected chi connectivity index (χ4v) is 22.0. The summed E-state index contributed by atoms with van der Waals surface area (Å²) >= 11 is -3.75. The van der Waals surface area contributed by atoms with Crippen LogP contribution in [0, 0.1) is 0 Å². The summed E-state index contributed by atoms with van der Waals surface area (Å²) in [5.74, 6) is 0.993. The van der Waals surface area contributed by atoms with Crippen molar-refractivity contribution in [3.05, 3.63) is 217 Å². The van der Waals surface area contributed by atoms with Gasteiger partial charge in [-0.3, -0.25) is 0 Å². The van der Waals surface area contributed by atoms with E-state index in [4.69, 9.17) is 9.97 Å². The molecule has 3 aliphatic rings. The van der Waals surface area contributed by atoms with Crippen LogP contribution in [0.2, 0.25) is 0 Å². The molecule has 0 radical (unpaired) electrons.